The van der Waals surface area contributed by atoms with E-state index >= 15 is 0 Å². The molecule has 1 heterocycles. The number of anilines is 4. The summed E-state index contributed by atoms with van der Waals surface area (Å²) >= 11 is 0. The third-order valence-electron chi connectivity index (χ3n) is 4.68. The molecular weight excluding hydrogens is 350 g/mol. The Morgan fingerprint density at radius 1 is 1.07 bits per heavy atom. The van der Waals surface area contributed by atoms with Gasteiger partial charge in [-0.25, -0.2) is 4.98 Å². The molecule has 0 aliphatic rings. The number of amides is 1. The van der Waals surface area contributed by atoms with E-state index in [0.29, 0.717) is 17.5 Å². The normalized spacial score (nSPS) is 11.6. The van der Waals surface area contributed by atoms with Gasteiger partial charge in [0.05, 0.1) is 12.1 Å². The maximum atomic E-state index is 12.9. The van der Waals surface area contributed by atoms with Gasteiger partial charge >= 0.3 is 0 Å². The molecule has 3 rings (SSSR count). The molecule has 1 unspecified atom stereocenters. The van der Waals surface area contributed by atoms with Crippen molar-refractivity contribution in [3.05, 3.63) is 71.9 Å². The fourth-order valence-corrected chi connectivity index (χ4v) is 2.92. The topological polar surface area (TPSA) is 70.2 Å². The average molecular weight is 375 g/mol. The van der Waals surface area contributed by atoms with Gasteiger partial charge in [-0.15, -0.1) is 0 Å². The highest BCUT2D eigenvalue weighted by molar-refractivity contribution is 5.99. The van der Waals surface area contributed by atoms with Crippen LogP contribution in [0.2, 0.25) is 0 Å². The van der Waals surface area contributed by atoms with Gasteiger partial charge in [0.1, 0.15) is 5.69 Å². The minimum atomic E-state index is -0.263. The molecule has 0 aliphatic carbocycles. The molecule has 1 amide bonds. The van der Waals surface area contributed by atoms with Gasteiger partial charge in [-0.2, -0.15) is 4.98 Å². The summed E-state index contributed by atoms with van der Waals surface area (Å²) in [6, 6.07) is 17.7. The van der Waals surface area contributed by atoms with Crippen molar-refractivity contribution in [2.24, 2.45) is 0 Å². The number of hydrogen-bond donors (Lipinski definition) is 2. The second-order valence-corrected chi connectivity index (χ2v) is 6.70. The average Bonchev–Trinajstić information content (AvgIpc) is 2.74. The first-order valence-electron chi connectivity index (χ1n) is 9.20. The van der Waals surface area contributed by atoms with E-state index in [0.717, 1.165) is 11.3 Å². The molecule has 3 aromatic rings. The first kappa shape index (κ1) is 19.4. The predicted octanol–water partition coefficient (Wildman–Crippen LogP) is 4.34. The van der Waals surface area contributed by atoms with Gasteiger partial charge in [0.15, 0.2) is 5.82 Å². The largest absolute Gasteiger partial charge is 0.371 e. The van der Waals surface area contributed by atoms with Crippen molar-refractivity contribution in [3.8, 4) is 0 Å². The van der Waals surface area contributed by atoms with Crippen LogP contribution in [0.4, 0.5) is 23.1 Å². The van der Waals surface area contributed by atoms with Crippen molar-refractivity contribution < 1.29 is 4.79 Å². The summed E-state index contributed by atoms with van der Waals surface area (Å²) in [5, 5.41) is 6.24. The standard InChI is InChI=1S/C22H25N5O/c1-15-10-12-18(13-11-15)25-22-24-14-19(20(23-3)26-22)27(4)21(28)16(2)17-8-6-5-7-9-17/h5-14,16H,1-4H3,(H2,23,24,25,26). The van der Waals surface area contributed by atoms with Crippen LogP contribution in [0.3, 0.4) is 0 Å². The first-order chi connectivity index (χ1) is 13.5. The minimum absolute atomic E-state index is 0.0226. The van der Waals surface area contributed by atoms with Crippen LogP contribution >= 0.6 is 0 Å². The molecule has 1 atom stereocenters. The highest BCUT2D eigenvalue weighted by atomic mass is 16.2. The molecule has 0 bridgehead atoms. The van der Waals surface area contributed by atoms with E-state index in [4.69, 9.17) is 0 Å². The van der Waals surface area contributed by atoms with E-state index in [-0.39, 0.29) is 11.8 Å². The lowest BCUT2D eigenvalue weighted by molar-refractivity contribution is -0.119. The van der Waals surface area contributed by atoms with Crippen LogP contribution in [0, 0.1) is 6.92 Å². The van der Waals surface area contributed by atoms with Crippen LogP contribution < -0.4 is 15.5 Å². The van der Waals surface area contributed by atoms with E-state index < -0.39 is 0 Å². The molecule has 1 aromatic heterocycles. The third-order valence-corrected chi connectivity index (χ3v) is 4.68. The summed E-state index contributed by atoms with van der Waals surface area (Å²) in [6.45, 7) is 3.94. The molecule has 0 fully saturated rings. The van der Waals surface area contributed by atoms with Crippen LogP contribution in [-0.2, 0) is 4.79 Å². The molecule has 0 spiro atoms. The molecule has 0 saturated heterocycles. The van der Waals surface area contributed by atoms with Crippen molar-refractivity contribution in [1.82, 2.24) is 9.97 Å². The van der Waals surface area contributed by atoms with Crippen LogP contribution in [0.1, 0.15) is 24.0 Å². The summed E-state index contributed by atoms with van der Waals surface area (Å²) in [7, 11) is 3.52. The van der Waals surface area contributed by atoms with Gasteiger partial charge in [0.25, 0.3) is 0 Å². The van der Waals surface area contributed by atoms with Gasteiger partial charge in [-0.05, 0) is 31.5 Å². The van der Waals surface area contributed by atoms with Crippen molar-refractivity contribution in [2.45, 2.75) is 19.8 Å². The molecular formula is C22H25N5O. The lowest BCUT2D eigenvalue weighted by atomic mass is 10.00. The number of rotatable bonds is 6. The maximum Gasteiger partial charge on any atom is 0.234 e. The Hall–Kier alpha value is -3.41. The number of nitrogens with zero attached hydrogens (tertiary/aromatic N) is 3. The number of likely N-dealkylation sites (N-methyl/N-ethyl adjacent to an activating group) is 1. The van der Waals surface area contributed by atoms with Crippen molar-refractivity contribution >= 4 is 29.0 Å². The molecule has 0 aliphatic heterocycles. The third kappa shape index (κ3) is 4.28. The SMILES string of the molecule is CNc1nc(Nc2ccc(C)cc2)ncc1N(C)C(=O)C(C)c1ccccc1. The zero-order chi connectivity index (χ0) is 20.1. The number of hydrogen-bond acceptors (Lipinski definition) is 5. The molecule has 28 heavy (non-hydrogen) atoms. The lowest BCUT2D eigenvalue weighted by Crippen LogP contribution is -2.31. The minimum Gasteiger partial charge on any atom is -0.371 e. The predicted molar refractivity (Wildman–Crippen MR) is 114 cm³/mol. The van der Waals surface area contributed by atoms with Gasteiger partial charge in [0.2, 0.25) is 11.9 Å². The summed E-state index contributed by atoms with van der Waals surface area (Å²) in [6.07, 6.45) is 1.66. The second kappa shape index (κ2) is 8.52. The fourth-order valence-electron chi connectivity index (χ4n) is 2.92. The lowest BCUT2D eigenvalue weighted by Gasteiger charge is -2.23. The number of aryl methyl sites for hydroxylation is 1. The highest BCUT2D eigenvalue weighted by Crippen LogP contribution is 2.27. The van der Waals surface area contributed by atoms with Gasteiger partial charge < -0.3 is 15.5 Å². The van der Waals surface area contributed by atoms with Crippen molar-refractivity contribution in [1.29, 1.82) is 0 Å². The molecule has 144 valence electrons. The smallest absolute Gasteiger partial charge is 0.234 e. The Morgan fingerprint density at radius 2 is 1.75 bits per heavy atom. The van der Waals surface area contributed by atoms with Gasteiger partial charge in [-0.1, -0.05) is 48.0 Å². The van der Waals surface area contributed by atoms with Crippen LogP contribution in [0.5, 0.6) is 0 Å². The van der Waals surface area contributed by atoms with Gasteiger partial charge in [0, 0.05) is 19.8 Å². The van der Waals surface area contributed by atoms with Crippen molar-refractivity contribution in [3.63, 3.8) is 0 Å². The fraction of sp³-hybridized carbons (Fsp3) is 0.227. The zero-order valence-corrected chi connectivity index (χ0v) is 16.6. The van der Waals surface area contributed by atoms with Crippen LogP contribution in [0.25, 0.3) is 0 Å². The van der Waals surface area contributed by atoms with Crippen molar-refractivity contribution in [2.75, 3.05) is 29.6 Å². The number of carbonyl (C=O) groups is 1. The number of aromatic nitrogens is 2. The molecule has 0 radical (unpaired) electrons. The van der Waals surface area contributed by atoms with Gasteiger partial charge in [-0.3, -0.25) is 4.79 Å². The first-order valence-corrected chi connectivity index (χ1v) is 9.20. The molecule has 6 heteroatoms. The molecule has 2 aromatic carbocycles. The molecule has 6 nitrogen and oxygen atoms in total. The summed E-state index contributed by atoms with van der Waals surface area (Å²) < 4.78 is 0. The monoisotopic (exact) mass is 375 g/mol. The van der Waals surface area contributed by atoms with E-state index in [1.807, 2.05) is 68.4 Å². The van der Waals surface area contributed by atoms with E-state index in [1.165, 1.54) is 5.56 Å². The second-order valence-electron chi connectivity index (χ2n) is 6.70. The zero-order valence-electron chi connectivity index (χ0n) is 16.6. The van der Waals surface area contributed by atoms with E-state index in [2.05, 4.69) is 20.6 Å². The quantitative estimate of drug-likeness (QED) is 0.671. The van der Waals surface area contributed by atoms with E-state index in [1.54, 1.807) is 25.2 Å². The number of carbonyl (C=O) groups excluding carboxylic acids is 1. The number of nitrogens with one attached hydrogen (secondary N) is 2. The highest BCUT2D eigenvalue weighted by Gasteiger charge is 2.23. The Labute approximate surface area is 165 Å². The van der Waals surface area contributed by atoms with E-state index in [9.17, 15) is 4.79 Å². The summed E-state index contributed by atoms with van der Waals surface area (Å²) in [5.41, 5.74) is 3.70. The Bertz CT molecular complexity index is 941. The molecule has 2 N–H and O–H groups in total. The van der Waals surface area contributed by atoms with Crippen LogP contribution in [-0.4, -0.2) is 30.0 Å². The Kier molecular flexibility index (Phi) is 5.89. The summed E-state index contributed by atoms with van der Waals surface area (Å²) in [4.78, 5) is 23.4. The molecule has 0 saturated carbocycles. The Morgan fingerprint density at radius 3 is 2.39 bits per heavy atom. The maximum absolute atomic E-state index is 12.9. The van der Waals surface area contributed by atoms with Crippen LogP contribution in [0.15, 0.2) is 60.8 Å². The number of benzene rings is 2. The Balaban J connectivity index is 1.81. The summed E-state index contributed by atoms with van der Waals surface area (Å²) in [5.74, 6) is 0.765.